The van der Waals surface area contributed by atoms with Crippen LogP contribution in [0.15, 0.2) is 84.0 Å². The number of nitrogens with zero attached hydrogens (tertiary/aromatic N) is 5. The third kappa shape index (κ3) is 4.02. The van der Waals surface area contributed by atoms with Crippen LogP contribution in [0.1, 0.15) is 18.1 Å². The van der Waals surface area contributed by atoms with Crippen LogP contribution >= 0.6 is 0 Å². The number of fused-ring (bicyclic) bond motifs is 1. The van der Waals surface area contributed by atoms with Crippen LogP contribution in [0.2, 0.25) is 0 Å². The standard InChI is InChI=1S/C24H21N5O3/c1-17(30)29-23(15-28-22-10-6-5-9-21(22)25-27-28)32-24(26-29)19-11-13-20(14-12-19)31-16-18-7-3-2-4-8-18/h2-14,23H,15-16H2,1H3/t23-/m1/s1. The lowest BCUT2D eigenvalue weighted by molar-refractivity contribution is -0.135. The van der Waals surface area contributed by atoms with E-state index in [0.29, 0.717) is 19.0 Å². The highest BCUT2D eigenvalue weighted by atomic mass is 16.5. The van der Waals surface area contributed by atoms with E-state index in [4.69, 9.17) is 9.47 Å². The van der Waals surface area contributed by atoms with E-state index >= 15 is 0 Å². The number of rotatable bonds is 6. The molecule has 1 aliphatic heterocycles. The third-order valence-corrected chi connectivity index (χ3v) is 5.14. The Morgan fingerprint density at radius 3 is 2.53 bits per heavy atom. The maximum Gasteiger partial charge on any atom is 0.243 e. The molecule has 1 aliphatic rings. The normalized spacial score (nSPS) is 15.5. The number of benzene rings is 3. The summed E-state index contributed by atoms with van der Waals surface area (Å²) >= 11 is 0. The van der Waals surface area contributed by atoms with Gasteiger partial charge in [0.05, 0.1) is 5.52 Å². The van der Waals surface area contributed by atoms with Crippen LogP contribution in [0.4, 0.5) is 0 Å². The summed E-state index contributed by atoms with van der Waals surface area (Å²) in [7, 11) is 0. The van der Waals surface area contributed by atoms with Crippen LogP contribution in [-0.2, 0) is 22.7 Å². The van der Waals surface area contributed by atoms with E-state index in [1.807, 2.05) is 78.9 Å². The lowest BCUT2D eigenvalue weighted by Crippen LogP contribution is -2.35. The van der Waals surface area contributed by atoms with E-state index < -0.39 is 6.23 Å². The smallest absolute Gasteiger partial charge is 0.243 e. The van der Waals surface area contributed by atoms with Gasteiger partial charge in [-0.2, -0.15) is 5.01 Å². The summed E-state index contributed by atoms with van der Waals surface area (Å²) < 4.78 is 13.6. The Bertz CT molecular complexity index is 1270. The Kier molecular flexibility index (Phi) is 5.25. The summed E-state index contributed by atoms with van der Waals surface area (Å²) in [6, 6.07) is 25.1. The first-order chi connectivity index (χ1) is 15.7. The van der Waals surface area contributed by atoms with E-state index in [1.54, 1.807) is 4.68 Å². The summed E-state index contributed by atoms with van der Waals surface area (Å²) in [6.45, 7) is 2.26. The van der Waals surface area contributed by atoms with Gasteiger partial charge in [0.2, 0.25) is 18.0 Å². The van der Waals surface area contributed by atoms with Gasteiger partial charge in [-0.15, -0.1) is 10.2 Å². The first-order valence-electron chi connectivity index (χ1n) is 10.3. The molecule has 1 amide bonds. The molecule has 0 radical (unpaired) electrons. The zero-order chi connectivity index (χ0) is 21.9. The van der Waals surface area contributed by atoms with Crippen molar-refractivity contribution in [2.75, 3.05) is 0 Å². The van der Waals surface area contributed by atoms with Crippen molar-refractivity contribution in [1.29, 1.82) is 0 Å². The van der Waals surface area contributed by atoms with Gasteiger partial charge in [-0.3, -0.25) is 4.79 Å². The Morgan fingerprint density at radius 1 is 1.00 bits per heavy atom. The van der Waals surface area contributed by atoms with Gasteiger partial charge in [-0.1, -0.05) is 47.7 Å². The van der Waals surface area contributed by atoms with Crippen LogP contribution in [-0.4, -0.2) is 38.0 Å². The second kappa shape index (κ2) is 8.50. The molecule has 8 heteroatoms. The zero-order valence-corrected chi connectivity index (χ0v) is 17.5. The molecule has 1 aromatic heterocycles. The Morgan fingerprint density at radius 2 is 1.75 bits per heavy atom. The highest BCUT2D eigenvalue weighted by molar-refractivity contribution is 5.96. The number of carbonyl (C=O) groups excluding carboxylic acids is 1. The van der Waals surface area contributed by atoms with Crippen molar-refractivity contribution < 1.29 is 14.3 Å². The molecule has 2 heterocycles. The molecular weight excluding hydrogens is 406 g/mol. The fourth-order valence-corrected chi connectivity index (χ4v) is 3.51. The van der Waals surface area contributed by atoms with Gasteiger partial charge in [0.15, 0.2) is 0 Å². The monoisotopic (exact) mass is 427 g/mol. The zero-order valence-electron chi connectivity index (χ0n) is 17.5. The van der Waals surface area contributed by atoms with Gasteiger partial charge in [-0.05, 0) is 42.0 Å². The summed E-state index contributed by atoms with van der Waals surface area (Å²) in [5, 5.41) is 14.1. The molecule has 8 nitrogen and oxygen atoms in total. The minimum absolute atomic E-state index is 0.211. The number of carbonyl (C=O) groups is 1. The maximum atomic E-state index is 12.2. The van der Waals surface area contributed by atoms with Crippen LogP contribution < -0.4 is 4.74 Å². The van der Waals surface area contributed by atoms with E-state index in [-0.39, 0.29) is 5.91 Å². The lowest BCUT2D eigenvalue weighted by atomic mass is 10.2. The van der Waals surface area contributed by atoms with Crippen molar-refractivity contribution in [3.05, 3.63) is 90.0 Å². The quantitative estimate of drug-likeness (QED) is 0.470. The Balaban J connectivity index is 1.29. The first kappa shape index (κ1) is 19.7. The summed E-state index contributed by atoms with van der Waals surface area (Å²) in [5.74, 6) is 0.909. The average molecular weight is 427 g/mol. The second-order valence-electron chi connectivity index (χ2n) is 7.40. The summed E-state index contributed by atoms with van der Waals surface area (Å²) in [6.07, 6.45) is -0.610. The first-order valence-corrected chi connectivity index (χ1v) is 10.3. The molecule has 32 heavy (non-hydrogen) atoms. The SMILES string of the molecule is CC(=O)N1N=C(c2ccc(OCc3ccccc3)cc2)O[C@@H]1Cn1nnc2ccccc21. The highest BCUT2D eigenvalue weighted by Crippen LogP contribution is 2.22. The molecule has 160 valence electrons. The summed E-state index contributed by atoms with van der Waals surface area (Å²) in [4.78, 5) is 12.2. The van der Waals surface area contributed by atoms with Gasteiger partial charge in [0.1, 0.15) is 24.4 Å². The molecule has 0 saturated heterocycles. The van der Waals surface area contributed by atoms with Gasteiger partial charge < -0.3 is 9.47 Å². The average Bonchev–Trinajstić information content (AvgIpc) is 3.44. The van der Waals surface area contributed by atoms with Gasteiger partial charge >= 0.3 is 0 Å². The predicted octanol–water partition coefficient (Wildman–Crippen LogP) is 3.58. The fraction of sp³-hybridized carbons (Fsp3) is 0.167. The molecule has 0 fully saturated rings. The highest BCUT2D eigenvalue weighted by Gasteiger charge is 2.32. The summed E-state index contributed by atoms with van der Waals surface area (Å²) in [5.41, 5.74) is 3.51. The Hall–Kier alpha value is -4.20. The molecule has 3 aromatic carbocycles. The molecule has 0 unspecified atom stereocenters. The number of para-hydroxylation sites is 1. The van der Waals surface area contributed by atoms with E-state index in [1.165, 1.54) is 11.9 Å². The fourth-order valence-electron chi connectivity index (χ4n) is 3.51. The van der Waals surface area contributed by atoms with Crippen LogP contribution in [0.25, 0.3) is 11.0 Å². The van der Waals surface area contributed by atoms with Gasteiger partial charge in [-0.25, -0.2) is 4.68 Å². The predicted molar refractivity (Wildman–Crippen MR) is 119 cm³/mol. The molecule has 0 spiro atoms. The van der Waals surface area contributed by atoms with Crippen LogP contribution in [0.5, 0.6) is 5.75 Å². The van der Waals surface area contributed by atoms with Crippen molar-refractivity contribution in [3.8, 4) is 5.75 Å². The molecule has 0 aliphatic carbocycles. The molecule has 0 saturated carbocycles. The largest absolute Gasteiger partial charge is 0.489 e. The van der Waals surface area contributed by atoms with Crippen molar-refractivity contribution in [2.45, 2.75) is 26.3 Å². The number of aromatic nitrogens is 3. The Labute approximate surface area is 184 Å². The second-order valence-corrected chi connectivity index (χ2v) is 7.40. The van der Waals surface area contributed by atoms with Crippen molar-refractivity contribution >= 4 is 22.8 Å². The van der Waals surface area contributed by atoms with Crippen molar-refractivity contribution in [2.24, 2.45) is 5.10 Å². The molecule has 0 bridgehead atoms. The number of hydrogen-bond donors (Lipinski definition) is 0. The minimum atomic E-state index is -0.610. The number of hydrogen-bond acceptors (Lipinski definition) is 6. The topological polar surface area (TPSA) is 81.8 Å². The molecule has 0 N–H and O–H groups in total. The number of amides is 1. The van der Waals surface area contributed by atoms with Gasteiger partial charge in [0.25, 0.3) is 0 Å². The minimum Gasteiger partial charge on any atom is -0.489 e. The number of hydrazone groups is 1. The van der Waals surface area contributed by atoms with Crippen molar-refractivity contribution in [3.63, 3.8) is 0 Å². The van der Waals surface area contributed by atoms with Crippen molar-refractivity contribution in [1.82, 2.24) is 20.0 Å². The van der Waals surface area contributed by atoms with Crippen LogP contribution in [0.3, 0.4) is 0 Å². The number of ether oxygens (including phenoxy) is 2. The molecule has 4 aromatic rings. The maximum absolute atomic E-state index is 12.2. The van der Waals surface area contributed by atoms with E-state index in [2.05, 4.69) is 15.4 Å². The van der Waals surface area contributed by atoms with Crippen LogP contribution in [0, 0.1) is 0 Å². The molecule has 1 atom stereocenters. The van der Waals surface area contributed by atoms with E-state index in [9.17, 15) is 4.79 Å². The van der Waals surface area contributed by atoms with E-state index in [0.717, 1.165) is 27.9 Å². The molecule has 5 rings (SSSR count). The lowest BCUT2D eigenvalue weighted by Gasteiger charge is -2.18. The van der Waals surface area contributed by atoms with Gasteiger partial charge in [0, 0.05) is 12.5 Å². The molecular formula is C24H21N5O3. The third-order valence-electron chi connectivity index (χ3n) is 5.14.